The molecule has 5 heteroatoms. The van der Waals surface area contributed by atoms with E-state index in [1.54, 1.807) is 19.2 Å². The number of nitrogens with zero attached hydrogens (tertiary/aromatic N) is 1. The summed E-state index contributed by atoms with van der Waals surface area (Å²) >= 11 is 0. The van der Waals surface area contributed by atoms with E-state index >= 15 is 0 Å². The van der Waals surface area contributed by atoms with Crippen molar-refractivity contribution in [3.05, 3.63) is 48.3 Å². The third kappa shape index (κ3) is 2.33. The molecule has 2 heterocycles. The SMILES string of the molecule is CCOC(=O)C1(CC)C=C(c2nccc3ccccc23)NO1. The molecule has 1 unspecified atom stereocenters. The quantitative estimate of drug-likeness (QED) is 0.880. The lowest BCUT2D eigenvalue weighted by molar-refractivity contribution is -0.168. The fourth-order valence-electron chi connectivity index (χ4n) is 2.56. The number of pyridine rings is 1. The van der Waals surface area contributed by atoms with Crippen molar-refractivity contribution < 1.29 is 14.4 Å². The highest BCUT2D eigenvalue weighted by Gasteiger charge is 2.43. The van der Waals surface area contributed by atoms with Gasteiger partial charge < -0.3 is 4.74 Å². The van der Waals surface area contributed by atoms with Crippen LogP contribution in [0, 0.1) is 0 Å². The zero-order chi connectivity index (χ0) is 15.6. The molecule has 0 fully saturated rings. The normalized spacial score (nSPS) is 20.5. The molecular formula is C17H18N2O3. The average molecular weight is 298 g/mol. The summed E-state index contributed by atoms with van der Waals surface area (Å²) in [5, 5.41) is 2.09. The van der Waals surface area contributed by atoms with Crippen LogP contribution in [0.1, 0.15) is 26.0 Å². The molecule has 0 saturated carbocycles. The smallest absolute Gasteiger partial charge is 0.345 e. The van der Waals surface area contributed by atoms with Gasteiger partial charge in [0, 0.05) is 11.6 Å². The molecule has 2 aromatic rings. The van der Waals surface area contributed by atoms with Crippen LogP contribution in [0.2, 0.25) is 0 Å². The van der Waals surface area contributed by atoms with Gasteiger partial charge in [-0.3, -0.25) is 15.3 Å². The van der Waals surface area contributed by atoms with Crippen molar-refractivity contribution in [3.63, 3.8) is 0 Å². The van der Waals surface area contributed by atoms with Crippen molar-refractivity contribution in [1.29, 1.82) is 0 Å². The van der Waals surface area contributed by atoms with Gasteiger partial charge in [-0.25, -0.2) is 4.79 Å². The molecule has 1 aliphatic heterocycles. The fraction of sp³-hybridized carbons (Fsp3) is 0.294. The van der Waals surface area contributed by atoms with Gasteiger partial charge in [0.1, 0.15) is 0 Å². The number of ether oxygens (including phenoxy) is 1. The number of benzene rings is 1. The topological polar surface area (TPSA) is 60.5 Å². The molecule has 5 nitrogen and oxygen atoms in total. The molecule has 0 saturated heterocycles. The summed E-state index contributed by atoms with van der Waals surface area (Å²) in [5.41, 5.74) is 3.20. The molecule has 114 valence electrons. The Morgan fingerprint density at radius 2 is 2.14 bits per heavy atom. The summed E-state index contributed by atoms with van der Waals surface area (Å²) < 4.78 is 5.12. The second kappa shape index (κ2) is 5.77. The number of aromatic nitrogens is 1. The van der Waals surface area contributed by atoms with Crippen LogP contribution in [0.3, 0.4) is 0 Å². The molecule has 3 rings (SSSR count). The standard InChI is InChI=1S/C17H18N2O3/c1-3-17(16(20)21-4-2)11-14(19-22-17)15-13-8-6-5-7-12(13)9-10-18-15/h5-11,19H,3-4H2,1-2H3. The number of fused-ring (bicyclic) bond motifs is 1. The van der Waals surface area contributed by atoms with Gasteiger partial charge in [-0.2, -0.15) is 0 Å². The summed E-state index contributed by atoms with van der Waals surface area (Å²) in [4.78, 5) is 22.2. The highest BCUT2D eigenvalue weighted by atomic mass is 16.7. The number of hydrogen-bond donors (Lipinski definition) is 1. The molecule has 0 radical (unpaired) electrons. The lowest BCUT2D eigenvalue weighted by atomic mass is 9.98. The summed E-state index contributed by atoms with van der Waals surface area (Å²) in [6, 6.07) is 9.91. The van der Waals surface area contributed by atoms with E-state index in [0.717, 1.165) is 16.5 Å². The molecule has 1 aliphatic rings. The lowest BCUT2D eigenvalue weighted by Gasteiger charge is -2.20. The second-order valence-electron chi connectivity index (χ2n) is 5.11. The largest absolute Gasteiger partial charge is 0.464 e. The number of hydrogen-bond acceptors (Lipinski definition) is 5. The molecule has 0 amide bonds. The number of hydroxylamine groups is 1. The minimum Gasteiger partial charge on any atom is -0.464 e. The van der Waals surface area contributed by atoms with Crippen molar-refractivity contribution in [2.24, 2.45) is 0 Å². The highest BCUT2D eigenvalue weighted by molar-refractivity contribution is 5.94. The van der Waals surface area contributed by atoms with Gasteiger partial charge in [0.2, 0.25) is 5.60 Å². The first-order valence-corrected chi connectivity index (χ1v) is 7.38. The van der Waals surface area contributed by atoms with Crippen LogP contribution in [-0.2, 0) is 14.4 Å². The third-order valence-corrected chi connectivity index (χ3v) is 3.80. The first kappa shape index (κ1) is 14.5. The van der Waals surface area contributed by atoms with Crippen LogP contribution in [-0.4, -0.2) is 23.2 Å². The van der Waals surface area contributed by atoms with Crippen LogP contribution in [0.5, 0.6) is 0 Å². The molecule has 1 aromatic carbocycles. The number of carbonyl (C=O) groups is 1. The van der Waals surface area contributed by atoms with Gasteiger partial charge >= 0.3 is 5.97 Å². The van der Waals surface area contributed by atoms with Gasteiger partial charge in [0.05, 0.1) is 18.0 Å². The van der Waals surface area contributed by atoms with Crippen LogP contribution in [0.25, 0.3) is 16.5 Å². The van der Waals surface area contributed by atoms with E-state index in [1.165, 1.54) is 0 Å². The van der Waals surface area contributed by atoms with Crippen molar-refractivity contribution in [1.82, 2.24) is 10.5 Å². The molecule has 1 N–H and O–H groups in total. The number of rotatable bonds is 4. The summed E-state index contributed by atoms with van der Waals surface area (Å²) in [7, 11) is 0. The van der Waals surface area contributed by atoms with Gasteiger partial charge in [-0.15, -0.1) is 0 Å². The Morgan fingerprint density at radius 3 is 2.91 bits per heavy atom. The highest BCUT2D eigenvalue weighted by Crippen LogP contribution is 2.31. The van der Waals surface area contributed by atoms with E-state index in [0.29, 0.717) is 18.7 Å². The van der Waals surface area contributed by atoms with Gasteiger partial charge in [0.25, 0.3) is 0 Å². The fourth-order valence-corrected chi connectivity index (χ4v) is 2.56. The molecule has 1 atom stereocenters. The van der Waals surface area contributed by atoms with E-state index in [9.17, 15) is 4.79 Å². The third-order valence-electron chi connectivity index (χ3n) is 3.80. The Labute approximate surface area is 128 Å². The molecule has 1 aromatic heterocycles. The zero-order valence-corrected chi connectivity index (χ0v) is 12.6. The van der Waals surface area contributed by atoms with Crippen molar-refractivity contribution in [2.45, 2.75) is 25.9 Å². The van der Waals surface area contributed by atoms with E-state index < -0.39 is 5.60 Å². The zero-order valence-electron chi connectivity index (χ0n) is 12.6. The Bertz CT molecular complexity index is 736. The predicted octanol–water partition coefficient (Wildman–Crippen LogP) is 2.82. The first-order valence-electron chi connectivity index (χ1n) is 7.38. The first-order chi connectivity index (χ1) is 10.7. The molecule has 22 heavy (non-hydrogen) atoms. The van der Waals surface area contributed by atoms with E-state index in [1.807, 2.05) is 37.3 Å². The van der Waals surface area contributed by atoms with Crippen LogP contribution in [0.4, 0.5) is 0 Å². The monoisotopic (exact) mass is 298 g/mol. The van der Waals surface area contributed by atoms with Crippen LogP contribution in [0.15, 0.2) is 42.6 Å². The van der Waals surface area contributed by atoms with E-state index in [4.69, 9.17) is 9.57 Å². The maximum atomic E-state index is 12.2. The maximum absolute atomic E-state index is 12.2. The lowest BCUT2D eigenvalue weighted by Crippen LogP contribution is -2.39. The van der Waals surface area contributed by atoms with Crippen molar-refractivity contribution in [3.8, 4) is 0 Å². The van der Waals surface area contributed by atoms with Crippen molar-refractivity contribution >= 4 is 22.4 Å². The van der Waals surface area contributed by atoms with Gasteiger partial charge in [-0.05, 0) is 30.9 Å². The Balaban J connectivity index is 2.05. The molecule has 0 aliphatic carbocycles. The number of nitrogens with one attached hydrogen (secondary N) is 1. The molecule has 0 spiro atoms. The minimum atomic E-state index is -1.09. The van der Waals surface area contributed by atoms with Gasteiger partial charge in [-0.1, -0.05) is 31.2 Å². The number of carbonyl (C=O) groups excluding carboxylic acids is 1. The average Bonchev–Trinajstić information content (AvgIpc) is 3.00. The van der Waals surface area contributed by atoms with E-state index in [-0.39, 0.29) is 5.97 Å². The Morgan fingerprint density at radius 1 is 1.32 bits per heavy atom. The Hall–Kier alpha value is -2.40. The van der Waals surface area contributed by atoms with E-state index in [2.05, 4.69) is 10.5 Å². The van der Waals surface area contributed by atoms with Crippen LogP contribution < -0.4 is 5.48 Å². The summed E-state index contributed by atoms with van der Waals surface area (Å²) in [5.74, 6) is -0.389. The number of esters is 1. The van der Waals surface area contributed by atoms with Crippen LogP contribution >= 0.6 is 0 Å². The minimum absolute atomic E-state index is 0.319. The van der Waals surface area contributed by atoms with Crippen molar-refractivity contribution in [2.75, 3.05) is 6.61 Å². The molecular weight excluding hydrogens is 280 g/mol. The summed E-state index contributed by atoms with van der Waals surface area (Å²) in [6.45, 7) is 3.98. The Kier molecular flexibility index (Phi) is 3.81. The predicted molar refractivity (Wildman–Crippen MR) is 83.6 cm³/mol. The second-order valence-corrected chi connectivity index (χ2v) is 5.11. The molecule has 0 bridgehead atoms. The maximum Gasteiger partial charge on any atom is 0.345 e. The summed E-state index contributed by atoms with van der Waals surface area (Å²) in [6.07, 6.45) is 3.99. The van der Waals surface area contributed by atoms with Gasteiger partial charge in [0.15, 0.2) is 0 Å².